The van der Waals surface area contributed by atoms with Crippen LogP contribution in [0, 0.1) is 16.1 Å². The number of anilines is 1. The quantitative estimate of drug-likeness (QED) is 0.196. The number of carboxylic acid groups (broad SMARTS) is 2. The number of amides is 1. The fourth-order valence-corrected chi connectivity index (χ4v) is 10.5. The topological polar surface area (TPSA) is 206 Å². The Morgan fingerprint density at radius 2 is 1.64 bits per heavy atom. The average Bonchev–Trinajstić information content (AvgIpc) is 3.70. The smallest absolute Gasteiger partial charge is 0.323 e. The largest absolute Gasteiger partial charge is 0.496 e. The van der Waals surface area contributed by atoms with Gasteiger partial charge < -0.3 is 19.8 Å². The number of hydrogen-bond donors (Lipinski definition) is 3. The molecule has 0 bridgehead atoms. The van der Waals surface area contributed by atoms with Gasteiger partial charge in [0.15, 0.2) is 0 Å². The van der Waals surface area contributed by atoms with E-state index in [1.54, 1.807) is 13.0 Å². The van der Waals surface area contributed by atoms with Crippen LogP contribution in [0.2, 0.25) is 0 Å². The van der Waals surface area contributed by atoms with Crippen LogP contribution in [0.1, 0.15) is 18.9 Å². The number of aromatic nitrogens is 2. The predicted octanol–water partition coefficient (Wildman–Crippen LogP) is 1.41. The number of aliphatic carboxylic acids is 2. The van der Waals surface area contributed by atoms with E-state index in [-0.39, 0.29) is 40.6 Å². The molecule has 2 aromatic heterocycles. The number of thiazole rings is 2. The highest BCUT2D eigenvalue weighted by Gasteiger charge is 2.32. The number of hydrogen-bond acceptors (Lipinski definition) is 14. The second-order valence-electron chi connectivity index (χ2n) is 11.0. The normalized spacial score (nSPS) is 17.9. The lowest BCUT2D eigenvalue weighted by Gasteiger charge is -2.21. The molecule has 3 aromatic rings. The summed E-state index contributed by atoms with van der Waals surface area (Å²) >= 11 is 9.04. The van der Waals surface area contributed by atoms with Crippen LogP contribution in [0.5, 0.6) is 5.75 Å². The van der Waals surface area contributed by atoms with Gasteiger partial charge in [0, 0.05) is 18.5 Å². The molecule has 2 aliphatic rings. The number of thiocarbonyl (C=S) groups is 1. The van der Waals surface area contributed by atoms with E-state index in [1.807, 2.05) is 24.0 Å². The van der Waals surface area contributed by atoms with E-state index in [4.69, 9.17) is 17.0 Å². The van der Waals surface area contributed by atoms with E-state index >= 15 is 0 Å². The average molecular weight is 801 g/mol. The Labute approximate surface area is 304 Å². The molecule has 4 heterocycles. The first kappa shape index (κ1) is 37.5. The molecule has 0 saturated carbocycles. The Kier molecular flexibility index (Phi) is 10.9. The van der Waals surface area contributed by atoms with Crippen molar-refractivity contribution in [2.75, 3.05) is 31.4 Å². The summed E-state index contributed by atoms with van der Waals surface area (Å²) in [6, 6.07) is 3.71. The van der Waals surface area contributed by atoms with Gasteiger partial charge in [0.2, 0.25) is 0 Å². The van der Waals surface area contributed by atoms with Crippen molar-refractivity contribution in [1.82, 2.24) is 14.0 Å². The molecule has 50 heavy (non-hydrogen) atoms. The van der Waals surface area contributed by atoms with Crippen LogP contribution >= 0.6 is 58.4 Å². The zero-order valence-electron chi connectivity index (χ0n) is 26.6. The number of thioether (sulfide) groups is 2. The molecule has 2 aliphatic heterocycles. The minimum atomic E-state index is -4.22. The maximum atomic E-state index is 13.8. The first-order chi connectivity index (χ1) is 23.4. The number of allylic oxidation sites excluding steroid dienone is 1. The zero-order valence-corrected chi connectivity index (χ0v) is 31.5. The van der Waals surface area contributed by atoms with Crippen LogP contribution in [-0.2, 0) is 37.6 Å². The number of ether oxygens (including phenoxy) is 1. The molecule has 3 N–H and O–H groups in total. The van der Waals surface area contributed by atoms with Crippen molar-refractivity contribution < 1.29 is 42.3 Å². The number of aryl methyl sites for hydroxylation is 1. The number of methoxy groups -OCH3 is 1. The molecule has 266 valence electrons. The molecule has 5 rings (SSSR count). The monoisotopic (exact) mass is 800 g/mol. The van der Waals surface area contributed by atoms with E-state index in [9.17, 15) is 47.2 Å². The van der Waals surface area contributed by atoms with Gasteiger partial charge in [-0.15, -0.1) is 22.7 Å². The standard InChI is InChI=1S/C29H28N4O11S6/c1-13-8-15-17(10-16(13)44-4)46-18(31(15)6-5-7-50(41,42)43)9-14(2)21-25(39)32(11-19(34)35)28(47-21)23-26(40)33(12-20(36)37)27(48-23)22-24(38)30(3)29(45)49-22/h8-10H,5-7,11-12H2,1-4H3,(H,34,35)(H,36,37)(H,41,42,43)/b18-9-,21-14+,27-22+,28-23+. The Morgan fingerprint density at radius 3 is 2.20 bits per heavy atom. The number of nitrogens with zero attached hydrogens (tertiary/aromatic N) is 4. The van der Waals surface area contributed by atoms with Crippen LogP contribution in [0.15, 0.2) is 37.7 Å². The third-order valence-electron chi connectivity index (χ3n) is 7.43. The van der Waals surface area contributed by atoms with Crippen molar-refractivity contribution in [1.29, 1.82) is 0 Å². The highest BCUT2D eigenvalue weighted by molar-refractivity contribution is 8.30. The van der Waals surface area contributed by atoms with Crippen molar-refractivity contribution in [2.24, 2.45) is 0 Å². The van der Waals surface area contributed by atoms with Gasteiger partial charge in [0.05, 0.1) is 28.1 Å². The van der Waals surface area contributed by atoms with Crippen molar-refractivity contribution in [3.05, 3.63) is 67.9 Å². The highest BCUT2D eigenvalue weighted by atomic mass is 32.2. The molecule has 0 unspecified atom stereocenters. The van der Waals surface area contributed by atoms with Crippen LogP contribution in [0.25, 0.3) is 10.5 Å². The molecular formula is C29H28N4O11S6. The molecule has 1 saturated heterocycles. The first-order valence-corrected chi connectivity index (χ1v) is 19.6. The maximum Gasteiger partial charge on any atom is 0.323 e. The van der Waals surface area contributed by atoms with Crippen molar-refractivity contribution in [2.45, 2.75) is 38.3 Å². The van der Waals surface area contributed by atoms with Gasteiger partial charge in [0.25, 0.3) is 27.1 Å². The van der Waals surface area contributed by atoms with Crippen LogP contribution < -0.4 is 30.0 Å². The summed E-state index contributed by atoms with van der Waals surface area (Å²) in [5.41, 5.74) is 0.436. The van der Waals surface area contributed by atoms with E-state index in [0.717, 1.165) is 59.7 Å². The maximum absolute atomic E-state index is 13.8. The Balaban J connectivity index is 1.78. The summed E-state index contributed by atoms with van der Waals surface area (Å²) in [5, 5.41) is 19.9. The summed E-state index contributed by atoms with van der Waals surface area (Å²) < 4.78 is 39.6. The minimum Gasteiger partial charge on any atom is -0.496 e. The number of rotatable bonds is 10. The first-order valence-electron chi connectivity index (χ1n) is 14.3. The second kappa shape index (κ2) is 14.5. The molecule has 1 amide bonds. The third-order valence-corrected chi connectivity index (χ3v) is 13.6. The van der Waals surface area contributed by atoms with Gasteiger partial charge in [-0.1, -0.05) is 35.7 Å². The Hall–Kier alpha value is -3.73. The van der Waals surface area contributed by atoms with Crippen LogP contribution in [0.3, 0.4) is 0 Å². The van der Waals surface area contributed by atoms with Gasteiger partial charge in [0.1, 0.15) is 41.9 Å². The molecule has 0 atom stereocenters. The highest BCUT2D eigenvalue weighted by Crippen LogP contribution is 2.48. The van der Waals surface area contributed by atoms with Gasteiger partial charge in [-0.2, -0.15) is 8.42 Å². The van der Waals surface area contributed by atoms with Crippen LogP contribution in [0.4, 0.5) is 5.69 Å². The number of carboxylic acids is 2. The lowest BCUT2D eigenvalue weighted by Crippen LogP contribution is -2.32. The number of fused-ring (bicyclic) bond motifs is 1. The minimum absolute atomic E-state index is 0.00701. The van der Waals surface area contributed by atoms with Gasteiger partial charge in [-0.25, -0.2) is 0 Å². The van der Waals surface area contributed by atoms with E-state index in [0.29, 0.717) is 16.4 Å². The molecule has 1 fully saturated rings. The fraction of sp³-hybridized carbons (Fsp3) is 0.310. The molecule has 0 radical (unpaired) electrons. The van der Waals surface area contributed by atoms with Gasteiger partial charge >= 0.3 is 11.9 Å². The van der Waals surface area contributed by atoms with E-state index in [2.05, 4.69) is 0 Å². The molecule has 1 aromatic carbocycles. The summed E-state index contributed by atoms with van der Waals surface area (Å²) in [6.45, 7) is 2.07. The van der Waals surface area contributed by atoms with E-state index in [1.165, 1.54) is 30.8 Å². The summed E-state index contributed by atoms with van der Waals surface area (Å²) in [6.07, 6.45) is 1.77. The summed E-state index contributed by atoms with van der Waals surface area (Å²) in [5.74, 6) is -3.11. The fourth-order valence-electron chi connectivity index (χ4n) is 5.12. The van der Waals surface area contributed by atoms with E-state index < -0.39 is 57.9 Å². The number of benzene rings is 1. The molecule has 15 nitrogen and oxygen atoms in total. The summed E-state index contributed by atoms with van der Waals surface area (Å²) in [4.78, 5) is 68.1. The van der Waals surface area contributed by atoms with Crippen LogP contribution in [-0.4, -0.2) is 85.8 Å². The van der Waals surface area contributed by atoms with Gasteiger partial charge in [-0.3, -0.25) is 42.6 Å². The second-order valence-corrected chi connectivity index (χ2v) is 17.2. The lowest BCUT2D eigenvalue weighted by molar-refractivity contribution is -0.138. The summed E-state index contributed by atoms with van der Waals surface area (Å²) in [7, 11) is -1.25. The lowest BCUT2D eigenvalue weighted by atomic mass is 10.2. The Bertz CT molecular complexity index is 2480. The zero-order chi connectivity index (χ0) is 36.8. The molecule has 0 aliphatic carbocycles. The van der Waals surface area contributed by atoms with Crippen molar-refractivity contribution >= 4 is 107 Å². The van der Waals surface area contributed by atoms with Crippen molar-refractivity contribution in [3.63, 3.8) is 0 Å². The SMILES string of the molecule is COc1cc2c(cc1C)N(CCCS(=O)(=O)O)/C(=C/C(C)=c1/s/c(=c3/s/c(=C4/SC(=S)N(C)C4=O)n(CC(=O)O)c3=O)n(CC(=O)O)c1=O)S2. The third kappa shape index (κ3) is 7.48. The van der Waals surface area contributed by atoms with Gasteiger partial charge in [-0.05, 0) is 49.6 Å². The molecular weight excluding hydrogens is 773 g/mol. The van der Waals surface area contributed by atoms with Crippen molar-refractivity contribution in [3.8, 4) is 5.75 Å². The number of carbonyl (C=O) groups is 3. The molecule has 21 heteroatoms. The molecule has 0 spiro atoms. The number of carbonyl (C=O) groups excluding carboxylic acids is 1. The predicted molar refractivity (Wildman–Crippen MR) is 195 cm³/mol. The Morgan fingerprint density at radius 1 is 1.00 bits per heavy atom.